The first-order valence-electron chi connectivity index (χ1n) is 10.0. The van der Waals surface area contributed by atoms with Gasteiger partial charge in [-0.1, -0.05) is 42.5 Å². The van der Waals surface area contributed by atoms with Crippen LogP contribution in [0, 0.1) is 0 Å². The molecule has 4 rings (SSSR count). The lowest BCUT2D eigenvalue weighted by Crippen LogP contribution is -2.31. The van der Waals surface area contributed by atoms with Crippen LogP contribution >= 0.6 is 0 Å². The maximum atomic E-state index is 12.3. The summed E-state index contributed by atoms with van der Waals surface area (Å²) in [4.78, 5) is 38.0. The van der Waals surface area contributed by atoms with E-state index in [-0.39, 0.29) is 37.4 Å². The fourth-order valence-electron chi connectivity index (χ4n) is 3.38. The molecule has 156 valence electrons. The number of fused-ring (bicyclic) bond motifs is 1. The molecule has 3 aromatic rings. The van der Waals surface area contributed by atoms with E-state index in [2.05, 4.69) is 0 Å². The molecule has 31 heavy (non-hydrogen) atoms. The highest BCUT2D eigenvalue weighted by Crippen LogP contribution is 2.23. The molecule has 0 atom stereocenters. The highest BCUT2D eigenvalue weighted by Gasteiger charge is 2.34. The number of benzene rings is 3. The normalized spacial score (nSPS) is 12.6. The fourth-order valence-corrected chi connectivity index (χ4v) is 3.38. The van der Waals surface area contributed by atoms with E-state index in [0.29, 0.717) is 23.3 Å². The lowest BCUT2D eigenvalue weighted by atomic mass is 10.1. The SMILES string of the molecule is O=C(CCCN1C(=O)c2ccccc2C1=O)OCc1cccc(Oc2ccccc2)c1. The number of rotatable bonds is 8. The van der Waals surface area contributed by atoms with Gasteiger partial charge in [-0.25, -0.2) is 0 Å². The smallest absolute Gasteiger partial charge is 0.306 e. The van der Waals surface area contributed by atoms with Gasteiger partial charge in [-0.05, 0) is 48.4 Å². The van der Waals surface area contributed by atoms with Crippen molar-refractivity contribution in [1.29, 1.82) is 0 Å². The van der Waals surface area contributed by atoms with Crippen molar-refractivity contribution in [2.24, 2.45) is 0 Å². The number of amides is 2. The Morgan fingerprint density at radius 1 is 0.774 bits per heavy atom. The number of imide groups is 1. The summed E-state index contributed by atoms with van der Waals surface area (Å²) >= 11 is 0. The summed E-state index contributed by atoms with van der Waals surface area (Å²) < 4.78 is 11.1. The standard InChI is InChI=1S/C25H21NO5/c27-23(14-7-15-26-24(28)21-12-4-5-13-22(21)25(26)29)30-17-18-8-6-11-20(16-18)31-19-9-2-1-3-10-19/h1-6,8-13,16H,7,14-15,17H2. The summed E-state index contributed by atoms with van der Waals surface area (Å²) in [6.45, 7) is 0.305. The van der Waals surface area contributed by atoms with Crippen LogP contribution in [0.1, 0.15) is 39.1 Å². The van der Waals surface area contributed by atoms with Gasteiger partial charge >= 0.3 is 5.97 Å². The molecule has 6 heteroatoms. The van der Waals surface area contributed by atoms with Gasteiger partial charge in [-0.15, -0.1) is 0 Å². The maximum Gasteiger partial charge on any atom is 0.306 e. The molecule has 1 aliphatic rings. The molecule has 0 bridgehead atoms. The molecule has 0 spiro atoms. The lowest BCUT2D eigenvalue weighted by Gasteiger charge is -2.13. The van der Waals surface area contributed by atoms with Crippen molar-refractivity contribution in [3.63, 3.8) is 0 Å². The van der Waals surface area contributed by atoms with E-state index in [0.717, 1.165) is 11.3 Å². The van der Waals surface area contributed by atoms with E-state index in [4.69, 9.17) is 9.47 Å². The molecule has 6 nitrogen and oxygen atoms in total. The number of carbonyl (C=O) groups excluding carboxylic acids is 3. The molecule has 0 saturated heterocycles. The first kappa shape index (κ1) is 20.3. The van der Waals surface area contributed by atoms with Crippen molar-refractivity contribution < 1.29 is 23.9 Å². The second kappa shape index (κ2) is 9.26. The Hall–Kier alpha value is -3.93. The third-order valence-electron chi connectivity index (χ3n) is 4.92. The van der Waals surface area contributed by atoms with Crippen LogP contribution in [0.4, 0.5) is 0 Å². The van der Waals surface area contributed by atoms with Crippen LogP contribution in [0.15, 0.2) is 78.9 Å². The molecule has 0 aliphatic carbocycles. The minimum Gasteiger partial charge on any atom is -0.461 e. The fraction of sp³-hybridized carbons (Fsp3) is 0.160. The van der Waals surface area contributed by atoms with Gasteiger partial charge in [0, 0.05) is 13.0 Å². The van der Waals surface area contributed by atoms with Gasteiger partial charge in [-0.3, -0.25) is 19.3 Å². The molecule has 1 aliphatic heterocycles. The van der Waals surface area contributed by atoms with Crippen molar-refractivity contribution in [1.82, 2.24) is 4.90 Å². The predicted molar refractivity (Wildman–Crippen MR) is 114 cm³/mol. The number of hydrogen-bond acceptors (Lipinski definition) is 5. The van der Waals surface area contributed by atoms with E-state index < -0.39 is 0 Å². The zero-order valence-electron chi connectivity index (χ0n) is 16.8. The Morgan fingerprint density at radius 3 is 2.13 bits per heavy atom. The largest absolute Gasteiger partial charge is 0.461 e. The van der Waals surface area contributed by atoms with Gasteiger partial charge in [0.05, 0.1) is 11.1 Å². The molecule has 1 heterocycles. The van der Waals surface area contributed by atoms with Gasteiger partial charge < -0.3 is 9.47 Å². The molecular weight excluding hydrogens is 394 g/mol. The Kier molecular flexibility index (Phi) is 6.08. The summed E-state index contributed by atoms with van der Waals surface area (Å²) in [6, 6.07) is 23.5. The molecule has 0 aromatic heterocycles. The van der Waals surface area contributed by atoms with Gasteiger partial charge in [-0.2, -0.15) is 0 Å². The zero-order chi connectivity index (χ0) is 21.6. The predicted octanol–water partition coefficient (Wildman–Crippen LogP) is 4.60. The maximum absolute atomic E-state index is 12.3. The Bertz CT molecular complexity index is 1070. The Labute approximate surface area is 180 Å². The summed E-state index contributed by atoms with van der Waals surface area (Å²) in [5, 5.41) is 0. The quantitative estimate of drug-likeness (QED) is 0.397. The van der Waals surface area contributed by atoms with Crippen molar-refractivity contribution in [3.8, 4) is 11.5 Å². The summed E-state index contributed by atoms with van der Waals surface area (Å²) in [5.74, 6) is 0.370. The molecule has 2 amide bonds. The number of nitrogens with zero attached hydrogens (tertiary/aromatic N) is 1. The third-order valence-corrected chi connectivity index (χ3v) is 4.92. The average Bonchev–Trinajstić information content (AvgIpc) is 3.04. The van der Waals surface area contributed by atoms with Crippen LogP contribution in [0.5, 0.6) is 11.5 Å². The second-order valence-electron chi connectivity index (χ2n) is 7.13. The minimum absolute atomic E-state index is 0.119. The molecule has 0 unspecified atom stereocenters. The minimum atomic E-state index is -0.383. The first-order chi connectivity index (χ1) is 15.1. The number of esters is 1. The molecular formula is C25H21NO5. The van der Waals surface area contributed by atoms with E-state index in [9.17, 15) is 14.4 Å². The average molecular weight is 415 g/mol. The van der Waals surface area contributed by atoms with Gasteiger partial charge in [0.1, 0.15) is 18.1 Å². The van der Waals surface area contributed by atoms with Crippen LogP contribution in [-0.4, -0.2) is 29.2 Å². The van der Waals surface area contributed by atoms with Gasteiger partial charge in [0.15, 0.2) is 0 Å². The third kappa shape index (κ3) is 4.80. The van der Waals surface area contributed by atoms with Crippen molar-refractivity contribution >= 4 is 17.8 Å². The lowest BCUT2D eigenvalue weighted by molar-refractivity contribution is -0.145. The monoisotopic (exact) mass is 415 g/mol. The zero-order valence-corrected chi connectivity index (χ0v) is 16.8. The van der Waals surface area contributed by atoms with E-state index >= 15 is 0 Å². The topological polar surface area (TPSA) is 72.9 Å². The summed E-state index contributed by atoms with van der Waals surface area (Å²) in [5.41, 5.74) is 1.63. The molecule has 3 aromatic carbocycles. The summed E-state index contributed by atoms with van der Waals surface area (Å²) in [7, 11) is 0. The van der Waals surface area contributed by atoms with E-state index in [1.807, 2.05) is 54.6 Å². The molecule has 0 N–H and O–H groups in total. The highest BCUT2D eigenvalue weighted by atomic mass is 16.5. The number of hydrogen-bond donors (Lipinski definition) is 0. The molecule has 0 fully saturated rings. The van der Waals surface area contributed by atoms with E-state index in [1.165, 1.54) is 4.90 Å². The number of para-hydroxylation sites is 1. The van der Waals surface area contributed by atoms with Gasteiger partial charge in [0.25, 0.3) is 11.8 Å². The second-order valence-corrected chi connectivity index (χ2v) is 7.13. The van der Waals surface area contributed by atoms with E-state index in [1.54, 1.807) is 24.3 Å². The van der Waals surface area contributed by atoms with Crippen LogP contribution in [-0.2, 0) is 16.1 Å². The Morgan fingerprint density at radius 2 is 1.42 bits per heavy atom. The number of carbonyl (C=O) groups is 3. The first-order valence-corrected chi connectivity index (χ1v) is 10.0. The van der Waals surface area contributed by atoms with Crippen LogP contribution in [0.25, 0.3) is 0 Å². The highest BCUT2D eigenvalue weighted by molar-refractivity contribution is 6.21. The molecule has 0 saturated carbocycles. The Balaban J connectivity index is 1.24. The van der Waals surface area contributed by atoms with Crippen LogP contribution in [0.3, 0.4) is 0 Å². The molecule has 0 radical (unpaired) electrons. The van der Waals surface area contributed by atoms with Gasteiger partial charge in [0.2, 0.25) is 0 Å². The van der Waals surface area contributed by atoms with Crippen molar-refractivity contribution in [2.45, 2.75) is 19.4 Å². The van der Waals surface area contributed by atoms with Crippen LogP contribution < -0.4 is 4.74 Å². The van der Waals surface area contributed by atoms with Crippen molar-refractivity contribution in [3.05, 3.63) is 95.6 Å². The summed E-state index contributed by atoms with van der Waals surface area (Å²) in [6.07, 6.45) is 0.467. The van der Waals surface area contributed by atoms with Crippen LogP contribution in [0.2, 0.25) is 0 Å². The number of ether oxygens (including phenoxy) is 2. The van der Waals surface area contributed by atoms with Crippen molar-refractivity contribution in [2.75, 3.05) is 6.54 Å².